The summed E-state index contributed by atoms with van der Waals surface area (Å²) in [5.41, 5.74) is 3.57. The number of hydrogen-bond donors (Lipinski definition) is 1. The molecular formula is C25H21N3O3. The van der Waals surface area contributed by atoms with Gasteiger partial charge in [0.25, 0.3) is 5.91 Å². The van der Waals surface area contributed by atoms with Crippen LogP contribution in [0.1, 0.15) is 15.9 Å². The Morgan fingerprint density at radius 3 is 2.55 bits per heavy atom. The minimum absolute atomic E-state index is 0.338. The van der Waals surface area contributed by atoms with E-state index in [-0.39, 0.29) is 12.5 Å². The highest BCUT2D eigenvalue weighted by Crippen LogP contribution is 2.24. The molecule has 2 aromatic carbocycles. The molecule has 2 heterocycles. The standard InChI is InChI=1S/C25H21N3O3/c29-24(27-14-12-18-7-2-1-3-8-18)17-31-25(30)21-15-23(19-9-6-13-26-16-19)28-22-11-5-4-10-20(21)22/h1-11,13,15-16H,12,14,17H2,(H,27,29). The van der Waals surface area contributed by atoms with Crippen LogP contribution >= 0.6 is 0 Å². The fraction of sp³-hybridized carbons (Fsp3) is 0.120. The van der Waals surface area contributed by atoms with Gasteiger partial charge in [0.2, 0.25) is 0 Å². The average molecular weight is 411 g/mol. The largest absolute Gasteiger partial charge is 0.452 e. The molecule has 0 atom stereocenters. The van der Waals surface area contributed by atoms with Crippen LogP contribution in [0.4, 0.5) is 0 Å². The average Bonchev–Trinajstić information content (AvgIpc) is 2.83. The molecule has 0 saturated carbocycles. The Bertz CT molecular complexity index is 1190. The Labute approximate surface area is 179 Å². The number of amides is 1. The molecule has 0 unspecified atom stereocenters. The number of carbonyl (C=O) groups is 2. The van der Waals surface area contributed by atoms with Gasteiger partial charge in [-0.15, -0.1) is 0 Å². The molecule has 0 aliphatic carbocycles. The fourth-order valence-electron chi connectivity index (χ4n) is 3.26. The van der Waals surface area contributed by atoms with Crippen molar-refractivity contribution in [3.05, 3.63) is 96.3 Å². The quantitative estimate of drug-likeness (QED) is 0.468. The number of pyridine rings is 2. The maximum atomic E-state index is 12.8. The van der Waals surface area contributed by atoms with Gasteiger partial charge in [-0.25, -0.2) is 9.78 Å². The summed E-state index contributed by atoms with van der Waals surface area (Å²) in [6.07, 6.45) is 4.08. The summed E-state index contributed by atoms with van der Waals surface area (Å²) in [7, 11) is 0. The molecule has 1 N–H and O–H groups in total. The minimum atomic E-state index is -0.568. The van der Waals surface area contributed by atoms with Crippen LogP contribution in [0.3, 0.4) is 0 Å². The lowest BCUT2D eigenvalue weighted by atomic mass is 10.1. The van der Waals surface area contributed by atoms with Crippen molar-refractivity contribution in [1.82, 2.24) is 15.3 Å². The summed E-state index contributed by atoms with van der Waals surface area (Å²) < 4.78 is 5.30. The lowest BCUT2D eigenvalue weighted by molar-refractivity contribution is -0.124. The Balaban J connectivity index is 1.44. The third kappa shape index (κ3) is 5.11. The molecule has 1 amide bonds. The van der Waals surface area contributed by atoms with Crippen molar-refractivity contribution in [2.45, 2.75) is 6.42 Å². The predicted molar refractivity (Wildman–Crippen MR) is 118 cm³/mol. The highest BCUT2D eigenvalue weighted by molar-refractivity contribution is 6.05. The van der Waals surface area contributed by atoms with E-state index in [1.54, 1.807) is 18.5 Å². The SMILES string of the molecule is O=C(COC(=O)c1cc(-c2cccnc2)nc2ccccc12)NCCc1ccccc1. The van der Waals surface area contributed by atoms with Crippen LogP contribution in [0.25, 0.3) is 22.2 Å². The van der Waals surface area contributed by atoms with Gasteiger partial charge in [0.05, 0.1) is 16.8 Å². The first kappa shape index (κ1) is 20.2. The second kappa shape index (κ2) is 9.63. The van der Waals surface area contributed by atoms with Crippen molar-refractivity contribution in [2.24, 2.45) is 0 Å². The number of ether oxygens (including phenoxy) is 1. The van der Waals surface area contributed by atoms with E-state index >= 15 is 0 Å². The number of aromatic nitrogens is 2. The number of para-hydroxylation sites is 1. The molecule has 0 bridgehead atoms. The molecule has 6 nitrogen and oxygen atoms in total. The number of benzene rings is 2. The van der Waals surface area contributed by atoms with Crippen molar-refractivity contribution in [3.8, 4) is 11.3 Å². The maximum Gasteiger partial charge on any atom is 0.339 e. The zero-order valence-corrected chi connectivity index (χ0v) is 16.8. The Kier molecular flexibility index (Phi) is 6.28. The molecule has 2 aromatic heterocycles. The van der Waals surface area contributed by atoms with Gasteiger partial charge in [-0.05, 0) is 36.2 Å². The molecule has 0 aliphatic rings. The third-order valence-electron chi connectivity index (χ3n) is 4.81. The second-order valence-corrected chi connectivity index (χ2v) is 6.98. The van der Waals surface area contributed by atoms with E-state index in [1.165, 1.54) is 0 Å². The summed E-state index contributed by atoms with van der Waals surface area (Å²) in [5, 5.41) is 3.45. The molecule has 4 rings (SSSR count). The second-order valence-electron chi connectivity index (χ2n) is 6.98. The number of rotatable bonds is 7. The van der Waals surface area contributed by atoms with Gasteiger partial charge in [-0.2, -0.15) is 0 Å². The number of carbonyl (C=O) groups excluding carboxylic acids is 2. The summed E-state index contributed by atoms with van der Waals surface area (Å²) in [4.78, 5) is 33.7. The van der Waals surface area contributed by atoms with E-state index in [9.17, 15) is 9.59 Å². The first-order chi connectivity index (χ1) is 15.2. The van der Waals surface area contributed by atoms with E-state index in [0.29, 0.717) is 35.1 Å². The maximum absolute atomic E-state index is 12.8. The van der Waals surface area contributed by atoms with E-state index in [4.69, 9.17) is 4.74 Å². The summed E-state index contributed by atoms with van der Waals surface area (Å²) >= 11 is 0. The van der Waals surface area contributed by atoms with Gasteiger partial charge in [-0.1, -0.05) is 48.5 Å². The van der Waals surface area contributed by atoms with Crippen LogP contribution in [0.2, 0.25) is 0 Å². The Morgan fingerprint density at radius 2 is 1.74 bits per heavy atom. The number of esters is 1. The first-order valence-electron chi connectivity index (χ1n) is 9.98. The van der Waals surface area contributed by atoms with E-state index in [0.717, 1.165) is 11.1 Å². The van der Waals surface area contributed by atoms with Gasteiger partial charge in [-0.3, -0.25) is 9.78 Å². The molecule has 0 saturated heterocycles. The van der Waals surface area contributed by atoms with E-state index in [1.807, 2.05) is 66.7 Å². The minimum Gasteiger partial charge on any atom is -0.452 e. The smallest absolute Gasteiger partial charge is 0.339 e. The summed E-state index contributed by atoms with van der Waals surface area (Å²) in [5.74, 6) is -0.905. The highest BCUT2D eigenvalue weighted by Gasteiger charge is 2.16. The topological polar surface area (TPSA) is 81.2 Å². The van der Waals surface area contributed by atoms with Crippen molar-refractivity contribution in [3.63, 3.8) is 0 Å². The predicted octanol–water partition coefficient (Wildman–Crippen LogP) is 3.81. The monoisotopic (exact) mass is 411 g/mol. The van der Waals surface area contributed by atoms with Crippen LogP contribution in [0.15, 0.2) is 85.2 Å². The molecule has 0 fully saturated rings. The van der Waals surface area contributed by atoms with Crippen molar-refractivity contribution >= 4 is 22.8 Å². The fourth-order valence-corrected chi connectivity index (χ4v) is 3.26. The molecule has 0 spiro atoms. The molecule has 0 aliphatic heterocycles. The molecule has 154 valence electrons. The van der Waals surface area contributed by atoms with Gasteiger partial charge < -0.3 is 10.1 Å². The Hall–Kier alpha value is -4.06. The summed E-state index contributed by atoms with van der Waals surface area (Å²) in [6, 6.07) is 22.6. The number of hydrogen-bond acceptors (Lipinski definition) is 5. The zero-order chi connectivity index (χ0) is 21.5. The molecular weight excluding hydrogens is 390 g/mol. The number of nitrogens with one attached hydrogen (secondary N) is 1. The Morgan fingerprint density at radius 1 is 0.935 bits per heavy atom. The van der Waals surface area contributed by atoms with Crippen LogP contribution in [0, 0.1) is 0 Å². The van der Waals surface area contributed by atoms with Gasteiger partial charge >= 0.3 is 5.97 Å². The van der Waals surface area contributed by atoms with Crippen molar-refractivity contribution in [2.75, 3.05) is 13.2 Å². The van der Waals surface area contributed by atoms with Crippen LogP contribution < -0.4 is 5.32 Å². The number of fused-ring (bicyclic) bond motifs is 1. The highest BCUT2D eigenvalue weighted by atomic mass is 16.5. The third-order valence-corrected chi connectivity index (χ3v) is 4.81. The van der Waals surface area contributed by atoms with Crippen LogP contribution in [-0.4, -0.2) is 35.0 Å². The molecule has 4 aromatic rings. The first-order valence-corrected chi connectivity index (χ1v) is 9.98. The van der Waals surface area contributed by atoms with Gasteiger partial charge in [0.1, 0.15) is 0 Å². The molecule has 31 heavy (non-hydrogen) atoms. The van der Waals surface area contributed by atoms with Gasteiger partial charge in [0.15, 0.2) is 6.61 Å². The zero-order valence-electron chi connectivity index (χ0n) is 16.8. The molecule has 6 heteroatoms. The number of nitrogens with zero attached hydrogens (tertiary/aromatic N) is 2. The lowest BCUT2D eigenvalue weighted by Crippen LogP contribution is -2.30. The van der Waals surface area contributed by atoms with Crippen LogP contribution in [0.5, 0.6) is 0 Å². The lowest BCUT2D eigenvalue weighted by Gasteiger charge is -2.10. The van der Waals surface area contributed by atoms with Crippen molar-refractivity contribution < 1.29 is 14.3 Å². The van der Waals surface area contributed by atoms with Gasteiger partial charge in [0, 0.05) is 29.9 Å². The van der Waals surface area contributed by atoms with Crippen molar-refractivity contribution in [1.29, 1.82) is 0 Å². The molecule has 0 radical (unpaired) electrons. The normalized spacial score (nSPS) is 10.6. The van der Waals surface area contributed by atoms with Crippen LogP contribution in [-0.2, 0) is 16.0 Å². The van der Waals surface area contributed by atoms with E-state index in [2.05, 4.69) is 15.3 Å². The van der Waals surface area contributed by atoms with E-state index < -0.39 is 5.97 Å². The summed E-state index contributed by atoms with van der Waals surface area (Å²) in [6.45, 7) is 0.135.